The third kappa shape index (κ3) is 4.29. The van der Waals surface area contributed by atoms with Crippen LogP contribution in [0.4, 0.5) is 0 Å². The maximum Gasteiger partial charge on any atom is 0.251 e. The van der Waals surface area contributed by atoms with Crippen LogP contribution in [0, 0.1) is 0 Å². The fourth-order valence-corrected chi connectivity index (χ4v) is 3.44. The van der Waals surface area contributed by atoms with E-state index in [2.05, 4.69) is 23.5 Å². The first-order valence-electron chi connectivity index (χ1n) is 8.27. The maximum absolute atomic E-state index is 12.3. The smallest absolute Gasteiger partial charge is 0.251 e. The lowest BCUT2D eigenvalue weighted by molar-refractivity contribution is -0.901. The molecule has 126 valence electrons. The number of quaternary nitrogens is 1. The first-order valence-corrected chi connectivity index (χ1v) is 9.02. The van der Waals surface area contributed by atoms with Crippen molar-refractivity contribution in [3.63, 3.8) is 0 Å². The molecule has 1 fully saturated rings. The van der Waals surface area contributed by atoms with E-state index in [9.17, 15) is 4.79 Å². The van der Waals surface area contributed by atoms with E-state index in [1.54, 1.807) is 23.1 Å². The van der Waals surface area contributed by atoms with Crippen molar-refractivity contribution in [2.75, 3.05) is 13.1 Å². The van der Waals surface area contributed by atoms with Gasteiger partial charge in [-0.3, -0.25) is 4.79 Å². The van der Waals surface area contributed by atoms with Crippen molar-refractivity contribution in [3.05, 3.63) is 69.2 Å². The summed E-state index contributed by atoms with van der Waals surface area (Å²) in [6, 6.07) is 13.2. The predicted molar refractivity (Wildman–Crippen MR) is 97.7 cm³/mol. The molecule has 1 aliphatic rings. The van der Waals surface area contributed by atoms with Crippen LogP contribution in [-0.4, -0.2) is 19.0 Å². The van der Waals surface area contributed by atoms with Gasteiger partial charge in [-0.15, -0.1) is 0 Å². The van der Waals surface area contributed by atoms with Gasteiger partial charge >= 0.3 is 0 Å². The summed E-state index contributed by atoms with van der Waals surface area (Å²) >= 11 is 11.9. The predicted octanol–water partition coefficient (Wildman–Crippen LogP) is 3.10. The zero-order valence-corrected chi connectivity index (χ0v) is 15.0. The molecule has 3 nitrogen and oxygen atoms in total. The number of halogens is 2. The zero-order chi connectivity index (χ0) is 16.9. The summed E-state index contributed by atoms with van der Waals surface area (Å²) < 4.78 is 0. The number of carbonyl (C=O) groups is 1. The quantitative estimate of drug-likeness (QED) is 0.840. The Bertz CT molecular complexity index is 727. The third-order valence-corrected chi connectivity index (χ3v) is 5.23. The molecule has 2 aromatic rings. The van der Waals surface area contributed by atoms with Crippen molar-refractivity contribution in [2.45, 2.75) is 25.9 Å². The highest BCUT2D eigenvalue weighted by atomic mass is 35.5. The minimum atomic E-state index is -0.142. The number of nitrogens with one attached hydrogen (secondary N) is 2. The minimum Gasteiger partial charge on any atom is -0.348 e. The van der Waals surface area contributed by atoms with E-state index in [0.717, 1.165) is 6.54 Å². The number of benzene rings is 2. The molecule has 2 aromatic carbocycles. The lowest BCUT2D eigenvalue weighted by Crippen LogP contribution is -3.08. The van der Waals surface area contributed by atoms with Crippen molar-refractivity contribution in [1.82, 2.24) is 5.32 Å². The number of carbonyl (C=O) groups excluding carboxylic acids is 1. The van der Waals surface area contributed by atoms with Crippen LogP contribution < -0.4 is 10.2 Å². The van der Waals surface area contributed by atoms with Crippen molar-refractivity contribution < 1.29 is 9.69 Å². The van der Waals surface area contributed by atoms with Crippen LogP contribution in [0.2, 0.25) is 10.0 Å². The Hall–Kier alpha value is -1.55. The molecule has 3 rings (SSSR count). The van der Waals surface area contributed by atoms with E-state index in [1.165, 1.54) is 37.1 Å². The van der Waals surface area contributed by atoms with Gasteiger partial charge in [0.15, 0.2) is 0 Å². The number of rotatable bonds is 5. The van der Waals surface area contributed by atoms with E-state index in [-0.39, 0.29) is 5.91 Å². The van der Waals surface area contributed by atoms with Gasteiger partial charge in [-0.1, -0.05) is 47.5 Å². The molecule has 0 radical (unpaired) electrons. The van der Waals surface area contributed by atoms with Crippen LogP contribution in [0.15, 0.2) is 42.5 Å². The van der Waals surface area contributed by atoms with Gasteiger partial charge in [-0.25, -0.2) is 0 Å². The second kappa shape index (κ2) is 8.02. The van der Waals surface area contributed by atoms with Crippen LogP contribution in [0.1, 0.15) is 34.3 Å². The SMILES string of the molecule is O=C(NCc1ccccc1C[NH+]1CCCC1)c1ccc(Cl)c(Cl)c1. The van der Waals surface area contributed by atoms with Gasteiger partial charge in [0.05, 0.1) is 23.1 Å². The van der Waals surface area contributed by atoms with E-state index < -0.39 is 0 Å². The molecule has 1 aliphatic heterocycles. The summed E-state index contributed by atoms with van der Waals surface area (Å²) in [5.41, 5.74) is 3.00. The normalized spacial score (nSPS) is 14.8. The molecule has 0 bridgehead atoms. The summed E-state index contributed by atoms with van der Waals surface area (Å²) in [7, 11) is 0. The fraction of sp³-hybridized carbons (Fsp3) is 0.316. The Morgan fingerprint density at radius 1 is 1.00 bits per heavy atom. The highest BCUT2D eigenvalue weighted by molar-refractivity contribution is 6.42. The molecular formula is C19H21Cl2N2O+. The third-order valence-electron chi connectivity index (χ3n) is 4.49. The lowest BCUT2D eigenvalue weighted by atomic mass is 10.1. The number of amides is 1. The van der Waals surface area contributed by atoms with Crippen molar-refractivity contribution in [1.29, 1.82) is 0 Å². The Kier molecular flexibility index (Phi) is 5.77. The average molecular weight is 364 g/mol. The Morgan fingerprint density at radius 3 is 2.42 bits per heavy atom. The van der Waals surface area contributed by atoms with Gasteiger partial charge < -0.3 is 10.2 Å². The van der Waals surface area contributed by atoms with Gasteiger partial charge in [0, 0.05) is 30.5 Å². The Labute approximate surface area is 152 Å². The molecule has 1 heterocycles. The number of hydrogen-bond acceptors (Lipinski definition) is 1. The molecule has 2 N–H and O–H groups in total. The van der Waals surface area contributed by atoms with Crippen LogP contribution in [0.25, 0.3) is 0 Å². The second-order valence-corrected chi connectivity index (χ2v) is 7.03. The van der Waals surface area contributed by atoms with Crippen molar-refractivity contribution >= 4 is 29.1 Å². The van der Waals surface area contributed by atoms with Crippen LogP contribution >= 0.6 is 23.2 Å². The van der Waals surface area contributed by atoms with Gasteiger partial charge in [-0.05, 0) is 23.8 Å². The molecule has 0 aliphatic carbocycles. The number of likely N-dealkylation sites (tertiary alicyclic amines) is 1. The largest absolute Gasteiger partial charge is 0.348 e. The molecule has 0 unspecified atom stereocenters. The highest BCUT2D eigenvalue weighted by Crippen LogP contribution is 2.22. The van der Waals surface area contributed by atoms with Crippen LogP contribution in [0.3, 0.4) is 0 Å². The van der Waals surface area contributed by atoms with E-state index in [4.69, 9.17) is 23.2 Å². The van der Waals surface area contributed by atoms with Gasteiger partial charge in [-0.2, -0.15) is 0 Å². The fourth-order valence-electron chi connectivity index (χ4n) is 3.14. The van der Waals surface area contributed by atoms with Crippen LogP contribution in [-0.2, 0) is 13.1 Å². The molecule has 1 amide bonds. The molecule has 0 aromatic heterocycles. The number of hydrogen-bond donors (Lipinski definition) is 2. The summed E-state index contributed by atoms with van der Waals surface area (Å²) in [5.74, 6) is -0.142. The summed E-state index contributed by atoms with van der Waals surface area (Å²) in [6.45, 7) is 4.02. The summed E-state index contributed by atoms with van der Waals surface area (Å²) in [4.78, 5) is 13.9. The van der Waals surface area contributed by atoms with Gasteiger partial charge in [0.2, 0.25) is 0 Å². The first-order chi connectivity index (χ1) is 11.6. The summed E-state index contributed by atoms with van der Waals surface area (Å²) in [6.07, 6.45) is 2.62. The van der Waals surface area contributed by atoms with Crippen molar-refractivity contribution in [3.8, 4) is 0 Å². The average Bonchev–Trinajstić information content (AvgIpc) is 3.09. The maximum atomic E-state index is 12.3. The molecule has 0 saturated carbocycles. The zero-order valence-electron chi connectivity index (χ0n) is 13.4. The second-order valence-electron chi connectivity index (χ2n) is 6.21. The molecule has 0 spiro atoms. The minimum absolute atomic E-state index is 0.142. The van der Waals surface area contributed by atoms with Gasteiger partial charge in [0.25, 0.3) is 5.91 Å². The standard InChI is InChI=1S/C19H20Cl2N2O/c20-17-8-7-14(11-18(17)21)19(24)22-12-15-5-1-2-6-16(15)13-23-9-3-4-10-23/h1-2,5-8,11H,3-4,9-10,12-13H2,(H,22,24)/p+1. The topological polar surface area (TPSA) is 33.5 Å². The molecule has 24 heavy (non-hydrogen) atoms. The van der Waals surface area contributed by atoms with Gasteiger partial charge in [0.1, 0.15) is 6.54 Å². The first kappa shape index (κ1) is 17.3. The Morgan fingerprint density at radius 2 is 1.71 bits per heavy atom. The molecule has 1 saturated heterocycles. The lowest BCUT2D eigenvalue weighted by Gasteiger charge is -2.15. The van der Waals surface area contributed by atoms with E-state index >= 15 is 0 Å². The van der Waals surface area contributed by atoms with Crippen molar-refractivity contribution in [2.24, 2.45) is 0 Å². The Balaban J connectivity index is 1.65. The highest BCUT2D eigenvalue weighted by Gasteiger charge is 2.17. The molecular weight excluding hydrogens is 343 g/mol. The van der Waals surface area contributed by atoms with E-state index in [0.29, 0.717) is 22.2 Å². The summed E-state index contributed by atoms with van der Waals surface area (Å²) in [5, 5.41) is 3.82. The van der Waals surface area contributed by atoms with Crippen LogP contribution in [0.5, 0.6) is 0 Å². The van der Waals surface area contributed by atoms with E-state index in [1.807, 2.05) is 6.07 Å². The molecule has 0 atom stereocenters. The molecule has 5 heteroatoms. The monoisotopic (exact) mass is 363 g/mol.